The van der Waals surface area contributed by atoms with Gasteiger partial charge in [-0.1, -0.05) is 26.8 Å². The molecule has 0 aromatic carbocycles. The molecule has 5 heteroatoms. The van der Waals surface area contributed by atoms with Gasteiger partial charge in [-0.3, -0.25) is 0 Å². The zero-order valence-corrected chi connectivity index (χ0v) is 11.3. The number of carboxylic acids is 1. The number of carbonyl (C=O) groups is 2. The number of hydrogen-bond acceptors (Lipinski definition) is 2. The molecule has 0 aromatic heterocycles. The summed E-state index contributed by atoms with van der Waals surface area (Å²) in [5.74, 6) is -0.132. The van der Waals surface area contributed by atoms with E-state index >= 15 is 0 Å². The summed E-state index contributed by atoms with van der Waals surface area (Å²) in [7, 11) is 0. The number of amides is 1. The molecule has 5 nitrogen and oxygen atoms in total. The molecular formula is C13H23NO4. The van der Waals surface area contributed by atoms with Gasteiger partial charge < -0.3 is 15.5 Å². The summed E-state index contributed by atoms with van der Waals surface area (Å²) < 4.78 is 0. The molecule has 18 heavy (non-hydrogen) atoms. The molecule has 104 valence electrons. The van der Waals surface area contributed by atoms with Crippen LogP contribution in [0.5, 0.6) is 0 Å². The Morgan fingerprint density at radius 3 is 2.00 bits per heavy atom. The number of aliphatic carboxylic acids is 1. The zero-order valence-electron chi connectivity index (χ0n) is 11.3. The van der Waals surface area contributed by atoms with Crippen LogP contribution >= 0.6 is 0 Å². The molecule has 1 unspecified atom stereocenters. The summed E-state index contributed by atoms with van der Waals surface area (Å²) in [6, 6.07) is -1.07. The second-order valence-electron chi connectivity index (χ2n) is 5.55. The van der Waals surface area contributed by atoms with Crippen molar-refractivity contribution >= 4 is 12.1 Å². The van der Waals surface area contributed by atoms with Gasteiger partial charge in [0.2, 0.25) is 0 Å². The lowest BCUT2D eigenvalue weighted by Crippen LogP contribution is -2.48. The maximum atomic E-state index is 10.6. The van der Waals surface area contributed by atoms with Gasteiger partial charge in [-0.15, -0.1) is 6.58 Å². The molecule has 0 spiro atoms. The molecule has 0 bridgehead atoms. The van der Waals surface area contributed by atoms with Crippen molar-refractivity contribution in [3.63, 3.8) is 0 Å². The Balaban J connectivity index is 0.000000397. The Morgan fingerprint density at radius 2 is 1.89 bits per heavy atom. The number of rotatable bonds is 4. The van der Waals surface area contributed by atoms with E-state index in [0.717, 1.165) is 5.92 Å². The Bertz CT molecular complexity index is 303. The molecule has 0 saturated heterocycles. The van der Waals surface area contributed by atoms with Gasteiger partial charge in [-0.05, 0) is 30.6 Å². The van der Waals surface area contributed by atoms with E-state index < -0.39 is 23.5 Å². The Labute approximate surface area is 108 Å². The normalized spacial score (nSPS) is 15.9. The highest BCUT2D eigenvalue weighted by Crippen LogP contribution is 2.32. The van der Waals surface area contributed by atoms with E-state index in [1.165, 1.54) is 19.3 Å². The Kier molecular flexibility index (Phi) is 6.44. The van der Waals surface area contributed by atoms with Crippen LogP contribution in [0.15, 0.2) is 12.7 Å². The predicted octanol–water partition coefficient (Wildman–Crippen LogP) is 2.73. The van der Waals surface area contributed by atoms with E-state index in [2.05, 4.69) is 6.58 Å². The van der Waals surface area contributed by atoms with Crippen molar-refractivity contribution in [1.29, 1.82) is 0 Å². The van der Waals surface area contributed by atoms with Crippen LogP contribution in [0.1, 0.15) is 40.0 Å². The topological polar surface area (TPSA) is 86.6 Å². The molecule has 3 N–H and O–H groups in total. The smallest absolute Gasteiger partial charge is 0.405 e. The van der Waals surface area contributed by atoms with Crippen LogP contribution in [0.2, 0.25) is 0 Å². The molecule has 0 aliphatic heterocycles. The number of nitrogens with one attached hydrogen (secondary N) is 1. The fourth-order valence-corrected chi connectivity index (χ4v) is 1.36. The number of carboxylic acid groups (broad SMARTS) is 2. The lowest BCUT2D eigenvalue weighted by molar-refractivity contribution is -0.142. The van der Waals surface area contributed by atoms with Gasteiger partial charge in [0.15, 0.2) is 0 Å². The van der Waals surface area contributed by atoms with Crippen LogP contribution in [-0.2, 0) is 4.79 Å². The maximum absolute atomic E-state index is 10.6. The summed E-state index contributed by atoms with van der Waals surface area (Å²) in [5, 5.41) is 18.9. The van der Waals surface area contributed by atoms with Gasteiger partial charge >= 0.3 is 12.1 Å². The minimum atomic E-state index is -1.32. The van der Waals surface area contributed by atoms with Crippen molar-refractivity contribution in [2.45, 2.75) is 46.1 Å². The summed E-state index contributed by atoms with van der Waals surface area (Å²) in [4.78, 5) is 20.7. The van der Waals surface area contributed by atoms with Gasteiger partial charge in [-0.2, -0.15) is 0 Å². The predicted molar refractivity (Wildman–Crippen MR) is 69.6 cm³/mol. The number of hydrogen-bond donors (Lipinski definition) is 3. The third-order valence-electron chi connectivity index (χ3n) is 2.58. The summed E-state index contributed by atoms with van der Waals surface area (Å²) >= 11 is 0. The summed E-state index contributed by atoms with van der Waals surface area (Å²) in [6.07, 6.45) is 4.84. The Hall–Kier alpha value is -1.52. The molecule has 1 fully saturated rings. The quantitative estimate of drug-likeness (QED) is 0.676. The molecule has 0 heterocycles. The van der Waals surface area contributed by atoms with Gasteiger partial charge in [0.1, 0.15) is 6.04 Å². The van der Waals surface area contributed by atoms with Crippen molar-refractivity contribution in [2.24, 2.45) is 11.3 Å². The van der Waals surface area contributed by atoms with E-state index in [1.807, 2.05) is 11.4 Å². The van der Waals surface area contributed by atoms with E-state index in [4.69, 9.17) is 10.2 Å². The fraction of sp³-hybridized carbons (Fsp3) is 0.692. The second-order valence-corrected chi connectivity index (χ2v) is 5.55. The standard InChI is InChI=1S/C7H13NO4.C6H10/c1-7(2,3)4(5(9)10)8-6(11)12;1-2-3-6-4-5-6/h4,8H,1-3H3,(H,9,10)(H,11,12);2,6H,1,3-5H2. The molecule has 1 amide bonds. The zero-order chi connectivity index (χ0) is 14.3. The highest BCUT2D eigenvalue weighted by atomic mass is 16.4. The van der Waals surface area contributed by atoms with E-state index in [-0.39, 0.29) is 0 Å². The van der Waals surface area contributed by atoms with Crippen molar-refractivity contribution in [1.82, 2.24) is 5.32 Å². The average Bonchev–Trinajstić information content (AvgIpc) is 2.97. The van der Waals surface area contributed by atoms with Gasteiger partial charge in [0.05, 0.1) is 0 Å². The highest BCUT2D eigenvalue weighted by molar-refractivity contribution is 5.79. The van der Waals surface area contributed by atoms with Crippen LogP contribution < -0.4 is 5.32 Å². The van der Waals surface area contributed by atoms with Crippen LogP contribution in [-0.4, -0.2) is 28.3 Å². The monoisotopic (exact) mass is 257 g/mol. The van der Waals surface area contributed by atoms with Crippen molar-refractivity contribution < 1.29 is 19.8 Å². The van der Waals surface area contributed by atoms with E-state index in [9.17, 15) is 9.59 Å². The highest BCUT2D eigenvalue weighted by Gasteiger charge is 2.32. The molecule has 1 aliphatic rings. The third-order valence-corrected chi connectivity index (χ3v) is 2.58. The lowest BCUT2D eigenvalue weighted by atomic mass is 9.87. The van der Waals surface area contributed by atoms with Crippen LogP contribution in [0, 0.1) is 11.3 Å². The van der Waals surface area contributed by atoms with Crippen molar-refractivity contribution in [2.75, 3.05) is 0 Å². The van der Waals surface area contributed by atoms with Crippen molar-refractivity contribution in [3.8, 4) is 0 Å². The van der Waals surface area contributed by atoms with Crippen molar-refractivity contribution in [3.05, 3.63) is 12.7 Å². The molecule has 1 saturated carbocycles. The van der Waals surface area contributed by atoms with E-state index in [0.29, 0.717) is 0 Å². The molecular weight excluding hydrogens is 234 g/mol. The molecule has 0 radical (unpaired) electrons. The first-order valence-electron chi connectivity index (χ1n) is 6.01. The first kappa shape index (κ1) is 16.5. The SMILES string of the molecule is C=CCC1CC1.CC(C)(C)C(NC(=O)O)C(=O)O. The van der Waals surface area contributed by atoms with E-state index in [1.54, 1.807) is 20.8 Å². The third kappa shape index (κ3) is 7.70. The van der Waals surface area contributed by atoms with Crippen LogP contribution in [0.25, 0.3) is 0 Å². The molecule has 0 aromatic rings. The molecule has 1 aliphatic carbocycles. The van der Waals surface area contributed by atoms with Crippen LogP contribution in [0.3, 0.4) is 0 Å². The number of allylic oxidation sites excluding steroid dienone is 1. The summed E-state index contributed by atoms with van der Waals surface area (Å²) in [6.45, 7) is 8.60. The maximum Gasteiger partial charge on any atom is 0.405 e. The lowest BCUT2D eigenvalue weighted by Gasteiger charge is -2.26. The Morgan fingerprint density at radius 1 is 1.39 bits per heavy atom. The molecule has 1 rings (SSSR count). The minimum absolute atomic E-state index is 0.621. The van der Waals surface area contributed by atoms with Gasteiger partial charge in [0.25, 0.3) is 0 Å². The molecule has 1 atom stereocenters. The van der Waals surface area contributed by atoms with Gasteiger partial charge in [0, 0.05) is 0 Å². The minimum Gasteiger partial charge on any atom is -0.480 e. The second kappa shape index (κ2) is 7.03. The van der Waals surface area contributed by atoms with Gasteiger partial charge in [-0.25, -0.2) is 9.59 Å². The fourth-order valence-electron chi connectivity index (χ4n) is 1.36. The first-order valence-corrected chi connectivity index (χ1v) is 6.01. The first-order chi connectivity index (χ1) is 8.18. The van der Waals surface area contributed by atoms with Crippen LogP contribution in [0.4, 0.5) is 4.79 Å². The summed E-state index contributed by atoms with van der Waals surface area (Å²) in [5.41, 5.74) is -0.621. The largest absolute Gasteiger partial charge is 0.480 e. The average molecular weight is 257 g/mol.